The average Bonchev–Trinajstić information content (AvgIpc) is 3.28. The fourth-order valence-electron chi connectivity index (χ4n) is 4.23. The highest BCUT2D eigenvalue weighted by atomic mass is 15.0. The van der Waals surface area contributed by atoms with Crippen LogP contribution in [-0.4, -0.2) is 29.5 Å². The van der Waals surface area contributed by atoms with Crippen LogP contribution in [0.2, 0.25) is 0 Å². The molecule has 6 aromatic rings. The number of aromatic nitrogens is 6. The van der Waals surface area contributed by atoms with E-state index in [2.05, 4.69) is 83.7 Å². The molecule has 2 N–H and O–H groups in total. The Labute approximate surface area is 201 Å². The molecular formula is C27H22N8. The number of aryl methyl sites for hydroxylation is 1. The molecule has 0 amide bonds. The van der Waals surface area contributed by atoms with Crippen molar-refractivity contribution in [3.05, 3.63) is 97.7 Å². The number of hydrogen-bond donors (Lipinski definition) is 2. The minimum Gasteiger partial charge on any atom is -0.378 e. The van der Waals surface area contributed by atoms with E-state index in [0.717, 1.165) is 44.8 Å². The molecule has 2 aromatic carbocycles. The van der Waals surface area contributed by atoms with Crippen molar-refractivity contribution in [3.63, 3.8) is 0 Å². The molecule has 0 aliphatic rings. The van der Waals surface area contributed by atoms with E-state index in [0.29, 0.717) is 6.54 Å². The number of rotatable bonds is 6. The van der Waals surface area contributed by atoms with Crippen LogP contribution in [0.4, 0.5) is 17.1 Å². The molecule has 0 aliphatic heterocycles. The number of anilines is 3. The first-order chi connectivity index (χ1) is 17.2. The third-order valence-corrected chi connectivity index (χ3v) is 6.01. The molecular weight excluding hydrogens is 436 g/mol. The summed E-state index contributed by atoms with van der Waals surface area (Å²) in [6.45, 7) is 0.600. The largest absolute Gasteiger partial charge is 0.378 e. The smallest absolute Gasteiger partial charge is 0.115 e. The van der Waals surface area contributed by atoms with Crippen LogP contribution in [0.5, 0.6) is 0 Å². The molecule has 4 heterocycles. The minimum atomic E-state index is 0.600. The Bertz CT molecular complexity index is 1640. The highest BCUT2D eigenvalue weighted by Crippen LogP contribution is 2.33. The summed E-state index contributed by atoms with van der Waals surface area (Å²) in [5.41, 5.74) is 8.71. The summed E-state index contributed by atoms with van der Waals surface area (Å²) in [6, 6.07) is 14.7. The second-order valence-electron chi connectivity index (χ2n) is 8.29. The number of nitrogens with one attached hydrogen (secondary N) is 2. The van der Waals surface area contributed by atoms with Crippen molar-refractivity contribution >= 4 is 39.0 Å². The van der Waals surface area contributed by atoms with Gasteiger partial charge in [0, 0.05) is 55.1 Å². The van der Waals surface area contributed by atoms with Crippen molar-refractivity contribution < 1.29 is 0 Å². The normalized spacial score (nSPS) is 11.1. The Morgan fingerprint density at radius 1 is 0.829 bits per heavy atom. The van der Waals surface area contributed by atoms with Crippen LogP contribution in [0.15, 0.2) is 92.2 Å². The lowest BCUT2D eigenvalue weighted by Crippen LogP contribution is -2.04. The van der Waals surface area contributed by atoms with Crippen LogP contribution in [0.1, 0.15) is 5.56 Å². The zero-order valence-corrected chi connectivity index (χ0v) is 19.1. The van der Waals surface area contributed by atoms with Crippen molar-refractivity contribution in [2.45, 2.75) is 6.54 Å². The molecule has 0 unspecified atom stereocenters. The molecule has 0 radical (unpaired) electrons. The molecule has 0 bridgehead atoms. The van der Waals surface area contributed by atoms with E-state index < -0.39 is 0 Å². The summed E-state index contributed by atoms with van der Waals surface area (Å²) in [5.74, 6) is 0. The Kier molecular flexibility index (Phi) is 5.23. The third kappa shape index (κ3) is 4.13. The molecule has 0 aliphatic carbocycles. The van der Waals surface area contributed by atoms with Gasteiger partial charge < -0.3 is 15.2 Å². The maximum Gasteiger partial charge on any atom is 0.115 e. The lowest BCUT2D eigenvalue weighted by atomic mass is 10.0. The maximum atomic E-state index is 4.65. The van der Waals surface area contributed by atoms with Crippen molar-refractivity contribution in [1.29, 1.82) is 0 Å². The summed E-state index contributed by atoms with van der Waals surface area (Å²) < 4.78 is 2.13. The molecule has 8 nitrogen and oxygen atoms in total. The topological polar surface area (TPSA) is 93.4 Å². The monoisotopic (exact) mass is 458 g/mol. The lowest BCUT2D eigenvalue weighted by molar-refractivity contribution is 0.969. The maximum absolute atomic E-state index is 4.65. The molecule has 35 heavy (non-hydrogen) atoms. The SMILES string of the molecule is Cn1ccc2ccc(-c3cc(Nc4cnccc4CNc4cncnc4)cc4nccnc34)cc21. The highest BCUT2D eigenvalue weighted by molar-refractivity contribution is 5.97. The van der Waals surface area contributed by atoms with E-state index in [1.54, 1.807) is 31.0 Å². The lowest BCUT2D eigenvalue weighted by Gasteiger charge is -2.15. The second kappa shape index (κ2) is 8.83. The van der Waals surface area contributed by atoms with Gasteiger partial charge in [0.25, 0.3) is 0 Å². The summed E-state index contributed by atoms with van der Waals surface area (Å²) in [6.07, 6.45) is 14.2. The fraction of sp³-hybridized carbons (Fsp3) is 0.0741. The van der Waals surface area contributed by atoms with Crippen LogP contribution in [0.3, 0.4) is 0 Å². The van der Waals surface area contributed by atoms with Crippen molar-refractivity contribution in [2.24, 2.45) is 7.05 Å². The van der Waals surface area contributed by atoms with Crippen molar-refractivity contribution in [2.75, 3.05) is 10.6 Å². The summed E-state index contributed by atoms with van der Waals surface area (Å²) in [7, 11) is 2.06. The number of hydrogen-bond acceptors (Lipinski definition) is 7. The Hall–Kier alpha value is -4.85. The first-order valence-corrected chi connectivity index (χ1v) is 11.2. The van der Waals surface area contributed by atoms with Gasteiger partial charge in [0.05, 0.1) is 41.0 Å². The van der Waals surface area contributed by atoms with Crippen LogP contribution in [0.25, 0.3) is 33.1 Å². The van der Waals surface area contributed by atoms with Crippen LogP contribution in [0, 0.1) is 0 Å². The highest BCUT2D eigenvalue weighted by Gasteiger charge is 2.12. The summed E-state index contributed by atoms with van der Waals surface area (Å²) >= 11 is 0. The van der Waals surface area contributed by atoms with Crippen LogP contribution < -0.4 is 10.6 Å². The average molecular weight is 459 g/mol. The van der Waals surface area contributed by atoms with E-state index in [9.17, 15) is 0 Å². The second-order valence-corrected chi connectivity index (χ2v) is 8.29. The van der Waals surface area contributed by atoms with Gasteiger partial charge in [0.1, 0.15) is 6.33 Å². The Balaban J connectivity index is 1.38. The fourth-order valence-corrected chi connectivity index (χ4v) is 4.23. The van der Waals surface area contributed by atoms with Gasteiger partial charge in [-0.05, 0) is 46.8 Å². The van der Waals surface area contributed by atoms with E-state index >= 15 is 0 Å². The number of nitrogens with zero attached hydrogens (tertiary/aromatic N) is 6. The molecule has 0 spiro atoms. The molecule has 6 rings (SSSR count). The minimum absolute atomic E-state index is 0.600. The molecule has 0 saturated heterocycles. The Morgan fingerprint density at radius 2 is 1.71 bits per heavy atom. The predicted molar refractivity (Wildman–Crippen MR) is 138 cm³/mol. The van der Waals surface area contributed by atoms with Gasteiger partial charge in [0.15, 0.2) is 0 Å². The summed E-state index contributed by atoms with van der Waals surface area (Å²) in [4.78, 5) is 21.7. The third-order valence-electron chi connectivity index (χ3n) is 6.01. The summed E-state index contributed by atoms with van der Waals surface area (Å²) in [5, 5.41) is 8.11. The molecule has 0 saturated carbocycles. The number of pyridine rings is 1. The zero-order chi connectivity index (χ0) is 23.6. The first-order valence-electron chi connectivity index (χ1n) is 11.2. The molecule has 4 aromatic heterocycles. The van der Waals surface area contributed by atoms with Gasteiger partial charge in [-0.3, -0.25) is 15.0 Å². The predicted octanol–water partition coefficient (Wildman–Crippen LogP) is 5.33. The van der Waals surface area contributed by atoms with E-state index in [1.807, 2.05) is 18.3 Å². The van der Waals surface area contributed by atoms with Gasteiger partial charge in [-0.1, -0.05) is 12.1 Å². The van der Waals surface area contributed by atoms with Crippen molar-refractivity contribution in [1.82, 2.24) is 29.5 Å². The van der Waals surface area contributed by atoms with E-state index in [-0.39, 0.29) is 0 Å². The molecule has 0 atom stereocenters. The van der Waals surface area contributed by atoms with Crippen molar-refractivity contribution in [3.8, 4) is 11.1 Å². The van der Waals surface area contributed by atoms with Gasteiger partial charge in [-0.2, -0.15) is 0 Å². The first kappa shape index (κ1) is 20.7. The van der Waals surface area contributed by atoms with Crippen LogP contribution in [-0.2, 0) is 13.6 Å². The standard InChI is InChI=1S/C27H22N8/c1-35-9-5-18-2-3-19(10-26(18)35)23-11-21(12-24-27(23)32-8-7-31-24)34-25-16-28-6-4-20(25)13-33-22-14-29-17-30-15-22/h2-12,14-17,33-34H,13H2,1H3. The van der Waals surface area contributed by atoms with Gasteiger partial charge in [0.2, 0.25) is 0 Å². The van der Waals surface area contributed by atoms with Gasteiger partial charge >= 0.3 is 0 Å². The Morgan fingerprint density at radius 3 is 2.63 bits per heavy atom. The van der Waals surface area contributed by atoms with E-state index in [1.165, 1.54) is 17.2 Å². The number of fused-ring (bicyclic) bond motifs is 2. The number of benzene rings is 2. The van der Waals surface area contributed by atoms with Crippen LogP contribution >= 0.6 is 0 Å². The van der Waals surface area contributed by atoms with Gasteiger partial charge in [-0.15, -0.1) is 0 Å². The zero-order valence-electron chi connectivity index (χ0n) is 19.1. The molecule has 0 fully saturated rings. The van der Waals surface area contributed by atoms with E-state index in [4.69, 9.17) is 0 Å². The quantitative estimate of drug-likeness (QED) is 0.348. The van der Waals surface area contributed by atoms with Gasteiger partial charge in [-0.25, -0.2) is 9.97 Å². The molecule has 170 valence electrons. The molecule has 8 heteroatoms.